The number of nitrogens with zero attached hydrogens (tertiary/aromatic N) is 4. The summed E-state index contributed by atoms with van der Waals surface area (Å²) >= 11 is 17.0. The number of aliphatic hydroxyl groups is 1. The number of piperazine rings is 1. The van der Waals surface area contributed by atoms with E-state index in [1.54, 1.807) is 24.5 Å². The maximum absolute atomic E-state index is 12.0. The fraction of sp³-hybridized carbons (Fsp3) is 0.414. The van der Waals surface area contributed by atoms with E-state index in [4.69, 9.17) is 44.3 Å². The fourth-order valence-electron chi connectivity index (χ4n) is 5.09. The van der Waals surface area contributed by atoms with Crippen molar-refractivity contribution in [2.45, 2.75) is 35.8 Å². The van der Waals surface area contributed by atoms with Gasteiger partial charge in [-0.15, -0.1) is 0 Å². The second kappa shape index (κ2) is 13.2. The van der Waals surface area contributed by atoms with E-state index in [0.29, 0.717) is 5.69 Å². The molecule has 5 rings (SSSR count). The Kier molecular flexibility index (Phi) is 9.66. The summed E-state index contributed by atoms with van der Waals surface area (Å²) in [6.07, 6.45) is 2.56. The van der Waals surface area contributed by atoms with Gasteiger partial charge in [-0.05, 0) is 29.3 Å². The molecular weight excluding hydrogens is 589 g/mol. The molecule has 0 spiro atoms. The van der Waals surface area contributed by atoms with Crippen molar-refractivity contribution in [3.8, 4) is 0 Å². The minimum absolute atomic E-state index is 0.0170. The predicted octanol–water partition coefficient (Wildman–Crippen LogP) is 4.89. The molecule has 3 aromatic rings. The van der Waals surface area contributed by atoms with E-state index in [9.17, 15) is 9.90 Å². The summed E-state index contributed by atoms with van der Waals surface area (Å²) in [5, 5.41) is 12.1. The molecule has 1 aromatic heterocycles. The average molecular weight is 621 g/mol. The third-order valence-electron chi connectivity index (χ3n) is 7.47. The Morgan fingerprint density at radius 2 is 1.61 bits per heavy atom. The molecule has 1 amide bonds. The summed E-state index contributed by atoms with van der Waals surface area (Å²) in [5.41, 5.74) is 3.15. The lowest BCUT2D eigenvalue weighted by atomic mass is 9.90. The van der Waals surface area contributed by atoms with E-state index in [1.807, 2.05) is 42.5 Å². The Morgan fingerprint density at radius 1 is 0.976 bits per heavy atom. The lowest BCUT2D eigenvalue weighted by molar-refractivity contribution is -0.276. The number of benzene rings is 2. The molecule has 12 heteroatoms. The van der Waals surface area contributed by atoms with Crippen LogP contribution in [0.4, 0.5) is 11.6 Å². The maximum Gasteiger partial charge on any atom is 0.276 e. The van der Waals surface area contributed by atoms with Crippen LogP contribution in [0.25, 0.3) is 0 Å². The number of rotatable bonds is 7. The van der Waals surface area contributed by atoms with Gasteiger partial charge in [0.15, 0.2) is 6.29 Å². The topological polar surface area (TPSA) is 100 Å². The van der Waals surface area contributed by atoms with Gasteiger partial charge in [-0.2, -0.15) is 0 Å². The van der Waals surface area contributed by atoms with Gasteiger partial charge < -0.3 is 24.8 Å². The summed E-state index contributed by atoms with van der Waals surface area (Å²) in [7, 11) is 0. The third kappa shape index (κ3) is 7.48. The van der Waals surface area contributed by atoms with Crippen molar-refractivity contribution in [2.24, 2.45) is 5.92 Å². The van der Waals surface area contributed by atoms with Crippen LogP contribution < -0.4 is 10.2 Å². The van der Waals surface area contributed by atoms with Crippen molar-refractivity contribution >= 4 is 52.3 Å². The van der Waals surface area contributed by atoms with E-state index in [2.05, 4.69) is 32.0 Å². The number of ether oxygens (including phenoxy) is 2. The van der Waals surface area contributed by atoms with Crippen LogP contribution in [0, 0.1) is 5.92 Å². The zero-order valence-electron chi connectivity index (χ0n) is 22.5. The molecule has 2 aromatic carbocycles. The minimum atomic E-state index is -2.06. The van der Waals surface area contributed by atoms with Gasteiger partial charge in [0.05, 0.1) is 18.8 Å². The molecule has 2 fully saturated rings. The highest BCUT2D eigenvalue weighted by Crippen LogP contribution is 2.42. The van der Waals surface area contributed by atoms with E-state index in [1.165, 1.54) is 0 Å². The van der Waals surface area contributed by atoms with E-state index in [-0.39, 0.29) is 24.7 Å². The van der Waals surface area contributed by atoms with E-state index >= 15 is 0 Å². The van der Waals surface area contributed by atoms with Crippen molar-refractivity contribution in [2.75, 3.05) is 42.9 Å². The van der Waals surface area contributed by atoms with Crippen molar-refractivity contribution < 1.29 is 19.4 Å². The van der Waals surface area contributed by atoms with Crippen LogP contribution in [0.3, 0.4) is 0 Å². The van der Waals surface area contributed by atoms with Crippen LogP contribution in [0.15, 0.2) is 67.0 Å². The SMILES string of the molecule is C[C@@H]1[C@H](CN2CCN(c3ncccn3)CC2)O[C@H](c2ccc(NC(=O)C(Cl)(Cl)Cl)cc2)O[C@@H]1c1ccc(CO)cc1. The molecule has 3 heterocycles. The Labute approximate surface area is 254 Å². The molecule has 9 nitrogen and oxygen atoms in total. The van der Waals surface area contributed by atoms with Crippen molar-refractivity contribution in [3.63, 3.8) is 0 Å². The molecule has 2 N–H and O–H groups in total. The summed E-state index contributed by atoms with van der Waals surface area (Å²) in [5.74, 6) is 0.0759. The zero-order chi connectivity index (χ0) is 29.0. The van der Waals surface area contributed by atoms with E-state index < -0.39 is 16.0 Å². The average Bonchev–Trinajstić information content (AvgIpc) is 2.99. The van der Waals surface area contributed by atoms with Crippen LogP contribution in [-0.2, 0) is 20.9 Å². The molecule has 0 bridgehead atoms. The maximum atomic E-state index is 12.0. The number of amides is 1. The molecule has 0 unspecified atom stereocenters. The molecule has 41 heavy (non-hydrogen) atoms. The first-order valence-corrected chi connectivity index (χ1v) is 14.6. The Hall–Kier alpha value is -2.50. The minimum Gasteiger partial charge on any atom is -0.392 e. The number of aliphatic hydroxyl groups excluding tert-OH is 1. The van der Waals surface area contributed by atoms with Crippen LogP contribution >= 0.6 is 34.8 Å². The van der Waals surface area contributed by atoms with Crippen molar-refractivity contribution in [3.05, 3.63) is 83.7 Å². The summed E-state index contributed by atoms with van der Waals surface area (Å²) < 4.78 is 11.1. The molecule has 0 aliphatic carbocycles. The standard InChI is InChI=1S/C29H32Cl3N5O4/c1-19-24(17-36-13-15-37(16-14-36)28-33-11-2-12-34-28)40-26(41-25(19)21-5-3-20(18-38)4-6-21)22-7-9-23(10-8-22)35-27(39)29(30,31)32/h2-12,19,24-26,38H,13-18H2,1H3,(H,35,39)/t19-,24+,25+,26+/m1/s1. The molecule has 0 saturated carbocycles. The zero-order valence-corrected chi connectivity index (χ0v) is 24.8. The second-order valence-electron chi connectivity index (χ2n) is 10.2. The fourth-order valence-corrected chi connectivity index (χ4v) is 5.23. The molecule has 2 aliphatic heterocycles. The first-order valence-electron chi connectivity index (χ1n) is 13.4. The van der Waals surface area contributed by atoms with Crippen LogP contribution in [-0.4, -0.2) is 68.5 Å². The number of anilines is 2. The number of carbonyl (C=O) groups is 1. The first-order chi connectivity index (χ1) is 19.7. The van der Waals surface area contributed by atoms with Crippen molar-refractivity contribution in [1.29, 1.82) is 0 Å². The van der Waals surface area contributed by atoms with Gasteiger partial charge in [-0.1, -0.05) is 78.1 Å². The quantitative estimate of drug-likeness (QED) is 0.360. The van der Waals surface area contributed by atoms with E-state index in [0.717, 1.165) is 55.4 Å². The number of hydrogen-bond donors (Lipinski definition) is 2. The van der Waals surface area contributed by atoms with Gasteiger partial charge in [-0.3, -0.25) is 9.69 Å². The Balaban J connectivity index is 1.31. The normalized spacial score (nSPS) is 23.8. The lowest BCUT2D eigenvalue weighted by Gasteiger charge is -2.44. The summed E-state index contributed by atoms with van der Waals surface area (Å²) in [4.78, 5) is 25.4. The van der Waals surface area contributed by atoms with Gasteiger partial charge in [0.25, 0.3) is 9.70 Å². The van der Waals surface area contributed by atoms with Gasteiger partial charge in [0, 0.05) is 62.3 Å². The highest BCUT2D eigenvalue weighted by atomic mass is 35.6. The Bertz CT molecular complexity index is 1290. The smallest absolute Gasteiger partial charge is 0.276 e. The summed E-state index contributed by atoms with van der Waals surface area (Å²) in [6.45, 7) is 6.27. The molecular formula is C29H32Cl3N5O4. The van der Waals surface area contributed by atoms with Crippen LogP contribution in [0.2, 0.25) is 0 Å². The highest BCUT2D eigenvalue weighted by molar-refractivity contribution is 6.76. The monoisotopic (exact) mass is 619 g/mol. The number of alkyl halides is 3. The second-order valence-corrected chi connectivity index (χ2v) is 12.5. The molecule has 2 aliphatic rings. The third-order valence-corrected chi connectivity index (χ3v) is 7.98. The van der Waals surface area contributed by atoms with Gasteiger partial charge >= 0.3 is 0 Å². The lowest BCUT2D eigenvalue weighted by Crippen LogP contribution is -2.51. The van der Waals surface area contributed by atoms with Gasteiger partial charge in [0.1, 0.15) is 0 Å². The molecule has 4 atom stereocenters. The summed E-state index contributed by atoms with van der Waals surface area (Å²) in [6, 6.07) is 16.8. The molecule has 218 valence electrons. The predicted molar refractivity (Wildman–Crippen MR) is 159 cm³/mol. The number of hydrogen-bond acceptors (Lipinski definition) is 8. The van der Waals surface area contributed by atoms with Gasteiger partial charge in [-0.25, -0.2) is 9.97 Å². The van der Waals surface area contributed by atoms with Crippen LogP contribution in [0.5, 0.6) is 0 Å². The highest BCUT2D eigenvalue weighted by Gasteiger charge is 2.39. The van der Waals surface area contributed by atoms with Crippen molar-refractivity contribution in [1.82, 2.24) is 14.9 Å². The molecule has 0 radical (unpaired) electrons. The number of nitrogens with one attached hydrogen (secondary N) is 1. The first kappa shape index (κ1) is 30.0. The number of aromatic nitrogens is 2. The molecule has 2 saturated heterocycles. The van der Waals surface area contributed by atoms with Gasteiger partial charge in [0.2, 0.25) is 5.95 Å². The van der Waals surface area contributed by atoms with Crippen LogP contribution in [0.1, 0.15) is 36.0 Å². The largest absolute Gasteiger partial charge is 0.392 e. The number of halogens is 3. The Morgan fingerprint density at radius 3 is 2.22 bits per heavy atom. The number of carbonyl (C=O) groups excluding carboxylic acids is 1.